The van der Waals surface area contributed by atoms with Crippen LogP contribution >= 0.6 is 11.6 Å². The minimum absolute atomic E-state index is 0.161. The number of aromatic nitrogens is 3. The fourth-order valence-corrected chi connectivity index (χ4v) is 1.92. The number of nitrogens with zero attached hydrogens (tertiary/aromatic N) is 3. The van der Waals surface area contributed by atoms with Gasteiger partial charge in [0.25, 0.3) is 0 Å². The third-order valence-corrected chi connectivity index (χ3v) is 3.48. The van der Waals surface area contributed by atoms with Crippen molar-refractivity contribution in [2.45, 2.75) is 53.0 Å². The zero-order valence-corrected chi connectivity index (χ0v) is 13.9. The molecule has 0 aliphatic rings. The van der Waals surface area contributed by atoms with Crippen LogP contribution in [0.1, 0.15) is 50.7 Å². The third kappa shape index (κ3) is 3.73. The van der Waals surface area contributed by atoms with Crippen LogP contribution in [0.5, 0.6) is 0 Å². The van der Waals surface area contributed by atoms with E-state index in [0.29, 0.717) is 23.4 Å². The van der Waals surface area contributed by atoms with E-state index >= 15 is 0 Å². The first-order chi connectivity index (χ1) is 9.81. The van der Waals surface area contributed by atoms with Gasteiger partial charge in [0.2, 0.25) is 5.89 Å². The van der Waals surface area contributed by atoms with Crippen molar-refractivity contribution in [1.82, 2.24) is 15.0 Å². The average molecular weight is 309 g/mol. The normalized spacial score (nSPS) is 11.7. The van der Waals surface area contributed by atoms with E-state index in [0.717, 1.165) is 23.6 Å². The van der Waals surface area contributed by atoms with Crippen molar-refractivity contribution in [3.8, 4) is 0 Å². The van der Waals surface area contributed by atoms with Crippen molar-refractivity contribution in [2.24, 2.45) is 0 Å². The Kier molecular flexibility index (Phi) is 4.52. The van der Waals surface area contributed by atoms with E-state index in [2.05, 4.69) is 41.0 Å². The summed E-state index contributed by atoms with van der Waals surface area (Å²) in [5, 5.41) is 3.70. The van der Waals surface area contributed by atoms with Gasteiger partial charge in [0.05, 0.1) is 12.7 Å². The largest absolute Gasteiger partial charge is 0.444 e. The molecule has 2 rings (SSSR count). The summed E-state index contributed by atoms with van der Waals surface area (Å²) >= 11 is 6.20. The maximum absolute atomic E-state index is 6.20. The Bertz CT molecular complexity index is 631. The second-order valence-electron chi connectivity index (χ2n) is 5.99. The molecular formula is C15H21ClN4O. The minimum atomic E-state index is -0.161. The highest BCUT2D eigenvalue weighted by Crippen LogP contribution is 2.26. The number of halogens is 1. The fourth-order valence-electron chi connectivity index (χ4n) is 1.75. The van der Waals surface area contributed by atoms with E-state index in [1.165, 1.54) is 0 Å². The summed E-state index contributed by atoms with van der Waals surface area (Å²) in [6.45, 7) is 10.6. The molecule has 2 aromatic rings. The Morgan fingerprint density at radius 1 is 1.29 bits per heavy atom. The second kappa shape index (κ2) is 6.02. The minimum Gasteiger partial charge on any atom is -0.444 e. The van der Waals surface area contributed by atoms with Crippen LogP contribution in [0.2, 0.25) is 5.15 Å². The van der Waals surface area contributed by atoms with Gasteiger partial charge in [0.1, 0.15) is 22.6 Å². The number of nitrogens with one attached hydrogen (secondary N) is 1. The predicted molar refractivity (Wildman–Crippen MR) is 83.7 cm³/mol. The summed E-state index contributed by atoms with van der Waals surface area (Å²) in [5.74, 6) is 2.94. The quantitative estimate of drug-likeness (QED) is 0.868. The molecule has 0 atom stereocenters. The summed E-state index contributed by atoms with van der Waals surface area (Å²) in [4.78, 5) is 13.1. The first-order valence-electron chi connectivity index (χ1n) is 7.03. The fraction of sp³-hybridized carbons (Fsp3) is 0.533. The Labute approximate surface area is 130 Å². The number of hydrogen-bond acceptors (Lipinski definition) is 5. The molecule has 114 valence electrons. The summed E-state index contributed by atoms with van der Waals surface area (Å²) in [5.41, 5.74) is 0.665. The number of oxazole rings is 1. The van der Waals surface area contributed by atoms with Crippen LogP contribution in [0.25, 0.3) is 0 Å². The van der Waals surface area contributed by atoms with Gasteiger partial charge >= 0.3 is 0 Å². The monoisotopic (exact) mass is 308 g/mol. The second-order valence-corrected chi connectivity index (χ2v) is 6.35. The van der Waals surface area contributed by atoms with Gasteiger partial charge in [-0.3, -0.25) is 0 Å². The molecule has 0 saturated carbocycles. The number of aryl methyl sites for hydroxylation is 1. The van der Waals surface area contributed by atoms with Crippen molar-refractivity contribution in [3.05, 3.63) is 34.4 Å². The predicted octanol–water partition coefficient (Wildman–Crippen LogP) is 3.90. The van der Waals surface area contributed by atoms with Crippen LogP contribution in [0.3, 0.4) is 0 Å². The lowest BCUT2D eigenvalue weighted by Crippen LogP contribution is -2.18. The third-order valence-electron chi connectivity index (χ3n) is 3.11. The summed E-state index contributed by atoms with van der Waals surface area (Å²) in [6, 6.07) is 0. The van der Waals surface area contributed by atoms with Gasteiger partial charge in [-0.1, -0.05) is 39.3 Å². The highest BCUT2D eigenvalue weighted by molar-refractivity contribution is 6.30. The molecule has 2 aromatic heterocycles. The van der Waals surface area contributed by atoms with Crippen LogP contribution in [-0.2, 0) is 18.4 Å². The molecular weight excluding hydrogens is 288 g/mol. The van der Waals surface area contributed by atoms with Gasteiger partial charge in [0, 0.05) is 17.4 Å². The molecule has 0 aliphatic carbocycles. The van der Waals surface area contributed by atoms with Crippen LogP contribution < -0.4 is 5.32 Å². The summed E-state index contributed by atoms with van der Waals surface area (Å²) in [6.07, 6.45) is 2.58. The lowest BCUT2D eigenvalue weighted by Gasteiger charge is -2.19. The van der Waals surface area contributed by atoms with Crippen molar-refractivity contribution >= 4 is 17.4 Å². The molecule has 6 heteroatoms. The van der Waals surface area contributed by atoms with Gasteiger partial charge in [0.15, 0.2) is 0 Å². The van der Waals surface area contributed by atoms with Gasteiger partial charge in [-0.15, -0.1) is 0 Å². The maximum Gasteiger partial charge on any atom is 0.213 e. The van der Waals surface area contributed by atoms with Crippen molar-refractivity contribution < 1.29 is 4.42 Å². The van der Waals surface area contributed by atoms with Crippen LogP contribution in [0.4, 0.5) is 5.82 Å². The van der Waals surface area contributed by atoms with E-state index in [-0.39, 0.29) is 5.41 Å². The average Bonchev–Trinajstić information content (AvgIpc) is 2.87. The van der Waals surface area contributed by atoms with Crippen LogP contribution in [0, 0.1) is 6.92 Å². The summed E-state index contributed by atoms with van der Waals surface area (Å²) < 4.78 is 5.57. The highest BCUT2D eigenvalue weighted by atomic mass is 35.5. The molecule has 1 N–H and O–H groups in total. The molecule has 0 spiro atoms. The molecule has 0 saturated heterocycles. The van der Waals surface area contributed by atoms with E-state index in [4.69, 9.17) is 16.0 Å². The molecule has 5 nitrogen and oxygen atoms in total. The molecule has 0 aromatic carbocycles. The molecule has 0 aliphatic heterocycles. The van der Waals surface area contributed by atoms with E-state index in [1.54, 1.807) is 6.20 Å². The lowest BCUT2D eigenvalue weighted by atomic mass is 9.95. The Balaban J connectivity index is 2.21. The summed E-state index contributed by atoms with van der Waals surface area (Å²) in [7, 11) is 0. The van der Waals surface area contributed by atoms with Gasteiger partial charge in [-0.25, -0.2) is 15.0 Å². The van der Waals surface area contributed by atoms with Gasteiger partial charge in [-0.05, 0) is 6.92 Å². The number of rotatable bonds is 4. The molecule has 0 fully saturated rings. The zero-order chi connectivity index (χ0) is 15.6. The molecule has 2 heterocycles. The molecule has 0 radical (unpaired) electrons. The van der Waals surface area contributed by atoms with Crippen LogP contribution in [-0.4, -0.2) is 15.0 Å². The number of hydrogen-bond donors (Lipinski definition) is 1. The smallest absolute Gasteiger partial charge is 0.213 e. The van der Waals surface area contributed by atoms with Crippen molar-refractivity contribution in [3.63, 3.8) is 0 Å². The highest BCUT2D eigenvalue weighted by Gasteiger charge is 2.20. The van der Waals surface area contributed by atoms with E-state index < -0.39 is 0 Å². The molecule has 0 unspecified atom stereocenters. The Morgan fingerprint density at radius 3 is 2.57 bits per heavy atom. The Morgan fingerprint density at radius 2 is 2.00 bits per heavy atom. The van der Waals surface area contributed by atoms with Crippen LogP contribution in [0.15, 0.2) is 10.6 Å². The zero-order valence-electron chi connectivity index (χ0n) is 13.1. The van der Waals surface area contributed by atoms with Gasteiger partial charge in [-0.2, -0.15) is 0 Å². The van der Waals surface area contributed by atoms with E-state index in [1.807, 2.05) is 13.8 Å². The SMILES string of the molecule is CCc1cnc(CNc2nc(C(C)(C)C)nc(Cl)c2C)o1. The number of anilines is 1. The molecule has 0 bridgehead atoms. The van der Waals surface area contributed by atoms with E-state index in [9.17, 15) is 0 Å². The van der Waals surface area contributed by atoms with Crippen molar-refractivity contribution in [1.29, 1.82) is 0 Å². The topological polar surface area (TPSA) is 63.8 Å². The maximum atomic E-state index is 6.20. The molecule has 0 amide bonds. The Hall–Kier alpha value is -1.62. The first-order valence-corrected chi connectivity index (χ1v) is 7.41. The lowest BCUT2D eigenvalue weighted by molar-refractivity contribution is 0.465. The molecule has 21 heavy (non-hydrogen) atoms. The van der Waals surface area contributed by atoms with Crippen molar-refractivity contribution in [2.75, 3.05) is 5.32 Å². The standard InChI is InChI=1S/C15H21ClN4O/c1-6-10-7-17-11(21-10)8-18-13-9(2)12(16)19-14(20-13)15(3,4)5/h7H,6,8H2,1-5H3,(H,18,19,20). The van der Waals surface area contributed by atoms with Gasteiger partial charge < -0.3 is 9.73 Å². The first kappa shape index (κ1) is 15.8.